The van der Waals surface area contributed by atoms with E-state index in [-0.39, 0.29) is 23.4 Å². The van der Waals surface area contributed by atoms with Crippen LogP contribution in [0.3, 0.4) is 0 Å². The second-order valence-electron chi connectivity index (χ2n) is 6.66. The van der Waals surface area contributed by atoms with Crippen LogP contribution in [0.4, 0.5) is 0 Å². The molecule has 0 saturated carbocycles. The van der Waals surface area contributed by atoms with Gasteiger partial charge in [0.25, 0.3) is 11.1 Å². The van der Waals surface area contributed by atoms with Crippen LogP contribution in [0.2, 0.25) is 0 Å². The molecule has 0 spiro atoms. The standard InChI is InChI=1S/C22H14N4O4S/c27-18-12-14(23-22-25(18)10-11-31-22)13-30-21(29)19-16-8-4-5-9-17(16)20(28)26(24-19)15-6-2-1-3-7-15/h1-12H,13H2. The zero-order chi connectivity index (χ0) is 21.4. The smallest absolute Gasteiger partial charge is 0.359 e. The Balaban J connectivity index is 1.54. The monoisotopic (exact) mass is 430 g/mol. The molecule has 0 atom stereocenters. The molecule has 0 aliphatic heterocycles. The largest absolute Gasteiger partial charge is 0.454 e. The highest BCUT2D eigenvalue weighted by Gasteiger charge is 2.19. The van der Waals surface area contributed by atoms with Gasteiger partial charge >= 0.3 is 5.97 Å². The van der Waals surface area contributed by atoms with Crippen LogP contribution >= 0.6 is 11.3 Å². The Bertz CT molecular complexity index is 1550. The number of thiazole rings is 1. The number of para-hydroxylation sites is 1. The maximum absolute atomic E-state index is 12.9. The third-order valence-electron chi connectivity index (χ3n) is 4.71. The Labute approximate surface area is 178 Å². The van der Waals surface area contributed by atoms with Crippen molar-refractivity contribution in [3.63, 3.8) is 0 Å². The molecule has 3 aromatic heterocycles. The topological polar surface area (TPSA) is 95.6 Å². The highest BCUT2D eigenvalue weighted by Crippen LogP contribution is 2.17. The van der Waals surface area contributed by atoms with Crippen LogP contribution in [-0.4, -0.2) is 25.1 Å². The summed E-state index contributed by atoms with van der Waals surface area (Å²) in [6.45, 7) is -0.192. The lowest BCUT2D eigenvalue weighted by atomic mass is 10.1. The molecular formula is C22H14N4O4S. The predicted molar refractivity (Wildman–Crippen MR) is 116 cm³/mol. The lowest BCUT2D eigenvalue weighted by Gasteiger charge is -2.11. The van der Waals surface area contributed by atoms with E-state index in [1.807, 2.05) is 6.07 Å². The van der Waals surface area contributed by atoms with Crippen LogP contribution in [0.25, 0.3) is 21.4 Å². The second kappa shape index (κ2) is 7.62. The van der Waals surface area contributed by atoms with Gasteiger partial charge in [-0.15, -0.1) is 11.3 Å². The third-order valence-corrected chi connectivity index (χ3v) is 5.46. The molecule has 0 saturated heterocycles. The number of rotatable bonds is 4. The zero-order valence-corrected chi connectivity index (χ0v) is 16.8. The average molecular weight is 430 g/mol. The fourth-order valence-corrected chi connectivity index (χ4v) is 3.99. The molecule has 0 fully saturated rings. The first kappa shape index (κ1) is 18.9. The lowest BCUT2D eigenvalue weighted by molar-refractivity contribution is 0.0461. The first-order valence-corrected chi connectivity index (χ1v) is 10.2. The van der Waals surface area contributed by atoms with Crippen molar-refractivity contribution in [2.24, 2.45) is 0 Å². The highest BCUT2D eigenvalue weighted by atomic mass is 32.1. The SMILES string of the molecule is O=C(OCc1cc(=O)n2ccsc2n1)c1nn(-c2ccccc2)c(=O)c2ccccc12. The second-order valence-corrected chi connectivity index (χ2v) is 7.54. The van der Waals surface area contributed by atoms with E-state index in [9.17, 15) is 14.4 Å². The van der Waals surface area contributed by atoms with Crippen molar-refractivity contribution in [2.75, 3.05) is 0 Å². The minimum Gasteiger partial charge on any atom is -0.454 e. The van der Waals surface area contributed by atoms with E-state index in [4.69, 9.17) is 4.74 Å². The summed E-state index contributed by atoms with van der Waals surface area (Å²) in [4.78, 5) is 42.8. The van der Waals surface area contributed by atoms with Crippen molar-refractivity contribution >= 4 is 33.0 Å². The molecule has 3 heterocycles. The van der Waals surface area contributed by atoms with Gasteiger partial charge in [-0.2, -0.15) is 9.78 Å². The van der Waals surface area contributed by atoms with Gasteiger partial charge in [0.2, 0.25) is 0 Å². The number of esters is 1. The minimum absolute atomic E-state index is 0.00739. The fraction of sp³-hybridized carbons (Fsp3) is 0.0455. The summed E-state index contributed by atoms with van der Waals surface area (Å²) in [7, 11) is 0. The van der Waals surface area contributed by atoms with E-state index in [1.54, 1.807) is 60.1 Å². The van der Waals surface area contributed by atoms with Gasteiger partial charge in [-0.25, -0.2) is 9.78 Å². The number of hydrogen-bond donors (Lipinski definition) is 0. The van der Waals surface area contributed by atoms with Gasteiger partial charge in [-0.1, -0.05) is 36.4 Å². The van der Waals surface area contributed by atoms with Gasteiger partial charge in [0.05, 0.1) is 16.8 Å². The first-order chi connectivity index (χ1) is 15.1. The Hall–Kier alpha value is -4.11. The predicted octanol–water partition coefficient (Wildman–Crippen LogP) is 2.81. The lowest BCUT2D eigenvalue weighted by Crippen LogP contribution is -2.25. The molecule has 9 heteroatoms. The summed E-state index contributed by atoms with van der Waals surface area (Å²) >= 11 is 1.31. The molecule has 0 unspecified atom stereocenters. The summed E-state index contributed by atoms with van der Waals surface area (Å²) in [6.07, 6.45) is 1.63. The highest BCUT2D eigenvalue weighted by molar-refractivity contribution is 7.15. The number of fused-ring (bicyclic) bond motifs is 2. The molecule has 5 rings (SSSR count). The number of carbonyl (C=O) groups is 1. The molecule has 8 nitrogen and oxygen atoms in total. The molecule has 0 aliphatic carbocycles. The van der Waals surface area contributed by atoms with Crippen molar-refractivity contribution < 1.29 is 9.53 Å². The van der Waals surface area contributed by atoms with Gasteiger partial charge in [0.1, 0.15) is 6.61 Å². The maximum atomic E-state index is 12.9. The number of hydrogen-bond acceptors (Lipinski definition) is 7. The molecule has 0 radical (unpaired) electrons. The van der Waals surface area contributed by atoms with E-state index < -0.39 is 5.97 Å². The van der Waals surface area contributed by atoms with Crippen molar-refractivity contribution in [2.45, 2.75) is 6.61 Å². The zero-order valence-electron chi connectivity index (χ0n) is 16.0. The molecule has 152 valence electrons. The van der Waals surface area contributed by atoms with E-state index in [1.165, 1.54) is 26.5 Å². The van der Waals surface area contributed by atoms with E-state index >= 15 is 0 Å². The number of nitrogens with zero attached hydrogens (tertiary/aromatic N) is 4. The Morgan fingerprint density at radius 2 is 1.74 bits per heavy atom. The van der Waals surface area contributed by atoms with E-state index in [2.05, 4.69) is 10.1 Å². The van der Waals surface area contributed by atoms with Crippen molar-refractivity contribution in [1.82, 2.24) is 19.2 Å². The normalized spacial score (nSPS) is 11.1. The van der Waals surface area contributed by atoms with E-state index in [0.717, 1.165) is 0 Å². The van der Waals surface area contributed by atoms with Gasteiger partial charge < -0.3 is 4.74 Å². The summed E-state index contributed by atoms with van der Waals surface area (Å²) < 4.78 is 8.01. The van der Waals surface area contributed by atoms with Crippen LogP contribution in [0.1, 0.15) is 16.2 Å². The Morgan fingerprint density at radius 1 is 1.00 bits per heavy atom. The van der Waals surface area contributed by atoms with Gasteiger partial charge in [-0.05, 0) is 18.2 Å². The number of aromatic nitrogens is 4. The maximum Gasteiger partial charge on any atom is 0.359 e. The van der Waals surface area contributed by atoms with Crippen LogP contribution in [-0.2, 0) is 11.3 Å². The molecule has 31 heavy (non-hydrogen) atoms. The number of ether oxygens (including phenoxy) is 1. The van der Waals surface area contributed by atoms with Gasteiger partial charge in [0.15, 0.2) is 10.7 Å². The molecule has 0 bridgehead atoms. The summed E-state index contributed by atoms with van der Waals surface area (Å²) in [6, 6.07) is 16.9. The van der Waals surface area contributed by atoms with Crippen molar-refractivity contribution in [3.05, 3.63) is 104 Å². The first-order valence-electron chi connectivity index (χ1n) is 9.32. The van der Waals surface area contributed by atoms with E-state index in [0.29, 0.717) is 27.1 Å². The number of carbonyl (C=O) groups excluding carboxylic acids is 1. The van der Waals surface area contributed by atoms with Gasteiger partial charge in [0, 0.05) is 23.0 Å². The van der Waals surface area contributed by atoms with Crippen LogP contribution in [0.15, 0.2) is 81.8 Å². The number of benzene rings is 2. The molecule has 0 aliphatic rings. The average Bonchev–Trinajstić information content (AvgIpc) is 3.28. The third kappa shape index (κ3) is 3.40. The Kier molecular flexibility index (Phi) is 4.64. The summed E-state index contributed by atoms with van der Waals surface area (Å²) in [5, 5.41) is 6.79. The summed E-state index contributed by atoms with van der Waals surface area (Å²) in [5.41, 5.74) is 0.286. The molecule has 0 N–H and O–H groups in total. The Morgan fingerprint density at radius 3 is 2.55 bits per heavy atom. The van der Waals surface area contributed by atoms with Crippen molar-refractivity contribution in [3.8, 4) is 5.69 Å². The fourth-order valence-electron chi connectivity index (χ4n) is 3.25. The molecule has 2 aromatic carbocycles. The van der Waals surface area contributed by atoms with Crippen LogP contribution in [0, 0.1) is 0 Å². The van der Waals surface area contributed by atoms with Crippen LogP contribution in [0.5, 0.6) is 0 Å². The minimum atomic E-state index is -0.714. The molecule has 5 aromatic rings. The molecular weight excluding hydrogens is 416 g/mol. The molecule has 0 amide bonds. The van der Waals surface area contributed by atoms with Crippen molar-refractivity contribution in [1.29, 1.82) is 0 Å². The van der Waals surface area contributed by atoms with Gasteiger partial charge in [-0.3, -0.25) is 14.0 Å². The quantitative estimate of drug-likeness (QED) is 0.407. The summed E-state index contributed by atoms with van der Waals surface area (Å²) in [5.74, 6) is -0.714. The van der Waals surface area contributed by atoms with Crippen LogP contribution < -0.4 is 11.1 Å².